The Kier molecular flexibility index (Phi) is 2.36. The van der Waals surface area contributed by atoms with Crippen molar-refractivity contribution >= 4 is 0 Å². The van der Waals surface area contributed by atoms with Gasteiger partial charge in [0.2, 0.25) is 0 Å². The molecule has 2 rings (SSSR count). The highest BCUT2D eigenvalue weighted by Crippen LogP contribution is 2.41. The van der Waals surface area contributed by atoms with E-state index in [9.17, 15) is 5.11 Å². The molecule has 0 saturated heterocycles. The second-order valence-electron chi connectivity index (χ2n) is 4.45. The van der Waals surface area contributed by atoms with E-state index >= 15 is 0 Å². The molecule has 0 bridgehead atoms. The lowest BCUT2D eigenvalue weighted by Gasteiger charge is -2.37. The zero-order valence-corrected chi connectivity index (χ0v) is 9.01. The molecule has 0 aromatic heterocycles. The molecule has 1 saturated carbocycles. The predicted molar refractivity (Wildman–Crippen MR) is 58.3 cm³/mol. The van der Waals surface area contributed by atoms with Gasteiger partial charge in [-0.15, -0.1) is 0 Å². The third-order valence-electron chi connectivity index (χ3n) is 3.26. The van der Waals surface area contributed by atoms with Gasteiger partial charge in [-0.3, -0.25) is 0 Å². The van der Waals surface area contributed by atoms with Crippen LogP contribution in [0.15, 0.2) is 18.2 Å². The van der Waals surface area contributed by atoms with Crippen LogP contribution < -0.4 is 0 Å². The van der Waals surface area contributed by atoms with Gasteiger partial charge in [0.05, 0.1) is 5.60 Å². The van der Waals surface area contributed by atoms with Crippen molar-refractivity contribution in [3.8, 4) is 0 Å². The average molecular weight is 190 g/mol. The third kappa shape index (κ3) is 1.57. The number of hydrogen-bond donors (Lipinski definition) is 1. The van der Waals surface area contributed by atoms with E-state index in [1.807, 2.05) is 0 Å². The molecule has 76 valence electrons. The molecule has 1 aliphatic carbocycles. The molecule has 1 fully saturated rings. The van der Waals surface area contributed by atoms with E-state index < -0.39 is 5.60 Å². The number of benzene rings is 1. The zero-order valence-electron chi connectivity index (χ0n) is 9.01. The molecule has 0 heterocycles. The topological polar surface area (TPSA) is 20.2 Å². The van der Waals surface area contributed by atoms with E-state index in [1.165, 1.54) is 11.1 Å². The second-order valence-corrected chi connectivity index (χ2v) is 4.45. The van der Waals surface area contributed by atoms with Gasteiger partial charge in [-0.05, 0) is 43.7 Å². The normalized spacial score (nSPS) is 19.1. The van der Waals surface area contributed by atoms with E-state index in [0.717, 1.165) is 31.2 Å². The number of aliphatic hydroxyl groups is 1. The second kappa shape index (κ2) is 3.39. The molecule has 1 aromatic carbocycles. The van der Waals surface area contributed by atoms with Crippen molar-refractivity contribution in [3.05, 3.63) is 34.9 Å². The molecule has 1 N–H and O–H groups in total. The van der Waals surface area contributed by atoms with Crippen molar-refractivity contribution in [2.75, 3.05) is 0 Å². The van der Waals surface area contributed by atoms with Crippen molar-refractivity contribution < 1.29 is 5.11 Å². The van der Waals surface area contributed by atoms with Crippen molar-refractivity contribution in [2.24, 2.45) is 0 Å². The Hall–Kier alpha value is -0.820. The van der Waals surface area contributed by atoms with Crippen LogP contribution in [0.3, 0.4) is 0 Å². The summed E-state index contributed by atoms with van der Waals surface area (Å²) in [4.78, 5) is 0. The van der Waals surface area contributed by atoms with Gasteiger partial charge >= 0.3 is 0 Å². The SMILES string of the molecule is CCc1cc(C)cc(C2(O)CCC2)c1. The average Bonchev–Trinajstić information content (AvgIpc) is 2.13. The van der Waals surface area contributed by atoms with Crippen molar-refractivity contribution in [1.82, 2.24) is 0 Å². The quantitative estimate of drug-likeness (QED) is 0.760. The van der Waals surface area contributed by atoms with Crippen LogP contribution in [0, 0.1) is 6.92 Å². The largest absolute Gasteiger partial charge is 0.385 e. The number of hydrogen-bond acceptors (Lipinski definition) is 1. The Balaban J connectivity index is 2.37. The van der Waals surface area contributed by atoms with Gasteiger partial charge in [0, 0.05) is 0 Å². The van der Waals surface area contributed by atoms with Crippen LogP contribution >= 0.6 is 0 Å². The first-order valence-electron chi connectivity index (χ1n) is 5.47. The molecule has 0 atom stereocenters. The third-order valence-corrected chi connectivity index (χ3v) is 3.26. The molecule has 0 unspecified atom stereocenters. The number of aryl methyl sites for hydroxylation is 2. The van der Waals surface area contributed by atoms with Crippen molar-refractivity contribution in [3.63, 3.8) is 0 Å². The maximum atomic E-state index is 10.2. The summed E-state index contributed by atoms with van der Waals surface area (Å²) in [7, 11) is 0. The minimum Gasteiger partial charge on any atom is -0.385 e. The maximum absolute atomic E-state index is 10.2. The standard InChI is InChI=1S/C13H18O/c1-3-11-7-10(2)8-12(9-11)13(14)5-4-6-13/h7-9,14H,3-6H2,1-2H3. The molecule has 1 heteroatoms. The Morgan fingerprint density at radius 2 is 2.00 bits per heavy atom. The molecule has 0 aliphatic heterocycles. The fraction of sp³-hybridized carbons (Fsp3) is 0.538. The van der Waals surface area contributed by atoms with Crippen molar-refractivity contribution in [2.45, 2.75) is 45.1 Å². The highest BCUT2D eigenvalue weighted by molar-refractivity contribution is 5.34. The van der Waals surface area contributed by atoms with Gasteiger partial charge < -0.3 is 5.11 Å². The molecule has 1 aromatic rings. The maximum Gasteiger partial charge on any atom is 0.0896 e. The lowest BCUT2D eigenvalue weighted by atomic mass is 9.74. The summed E-state index contributed by atoms with van der Waals surface area (Å²) in [5, 5.41) is 10.2. The minimum absolute atomic E-state index is 0.504. The molecule has 1 aliphatic rings. The summed E-state index contributed by atoms with van der Waals surface area (Å²) >= 11 is 0. The van der Waals surface area contributed by atoms with Gasteiger partial charge in [0.1, 0.15) is 0 Å². The summed E-state index contributed by atoms with van der Waals surface area (Å²) in [6.07, 6.45) is 4.07. The summed E-state index contributed by atoms with van der Waals surface area (Å²) in [6.45, 7) is 4.26. The Labute approximate surface area is 85.8 Å². The lowest BCUT2D eigenvalue weighted by molar-refractivity contribution is -0.0388. The van der Waals surface area contributed by atoms with Crippen LogP contribution in [-0.4, -0.2) is 5.11 Å². The van der Waals surface area contributed by atoms with Gasteiger partial charge in [0.15, 0.2) is 0 Å². The smallest absolute Gasteiger partial charge is 0.0896 e. The fourth-order valence-corrected chi connectivity index (χ4v) is 2.14. The van der Waals surface area contributed by atoms with E-state index in [0.29, 0.717) is 0 Å². The molecule has 0 spiro atoms. The van der Waals surface area contributed by atoms with Crippen LogP contribution in [0.5, 0.6) is 0 Å². The summed E-state index contributed by atoms with van der Waals surface area (Å²) in [6, 6.07) is 6.48. The zero-order chi connectivity index (χ0) is 10.2. The lowest BCUT2D eigenvalue weighted by Crippen LogP contribution is -2.33. The Morgan fingerprint density at radius 3 is 2.50 bits per heavy atom. The summed E-state index contributed by atoms with van der Waals surface area (Å²) in [5.41, 5.74) is 3.22. The molecule has 1 nitrogen and oxygen atoms in total. The van der Waals surface area contributed by atoms with Crippen LogP contribution in [0.25, 0.3) is 0 Å². The molecule has 0 radical (unpaired) electrons. The van der Waals surface area contributed by atoms with Crippen LogP contribution in [-0.2, 0) is 12.0 Å². The van der Waals surface area contributed by atoms with Crippen LogP contribution in [0.1, 0.15) is 42.9 Å². The summed E-state index contributed by atoms with van der Waals surface area (Å²) < 4.78 is 0. The van der Waals surface area contributed by atoms with Crippen LogP contribution in [0.2, 0.25) is 0 Å². The van der Waals surface area contributed by atoms with E-state index in [1.54, 1.807) is 0 Å². The summed E-state index contributed by atoms with van der Waals surface area (Å²) in [5.74, 6) is 0. The van der Waals surface area contributed by atoms with Crippen molar-refractivity contribution in [1.29, 1.82) is 0 Å². The molecular weight excluding hydrogens is 172 g/mol. The first-order chi connectivity index (χ1) is 6.64. The first kappa shape index (κ1) is 9.72. The minimum atomic E-state index is -0.504. The highest BCUT2D eigenvalue weighted by Gasteiger charge is 2.36. The van der Waals surface area contributed by atoms with Crippen LogP contribution in [0.4, 0.5) is 0 Å². The molecule has 14 heavy (non-hydrogen) atoms. The van der Waals surface area contributed by atoms with E-state index in [-0.39, 0.29) is 0 Å². The van der Waals surface area contributed by atoms with Gasteiger partial charge in [-0.25, -0.2) is 0 Å². The van der Waals surface area contributed by atoms with E-state index in [4.69, 9.17) is 0 Å². The van der Waals surface area contributed by atoms with Gasteiger partial charge in [-0.1, -0.05) is 30.7 Å². The predicted octanol–water partition coefficient (Wildman–Crippen LogP) is 2.93. The number of rotatable bonds is 2. The Bertz CT molecular complexity index is 337. The highest BCUT2D eigenvalue weighted by atomic mass is 16.3. The van der Waals surface area contributed by atoms with Gasteiger partial charge in [-0.2, -0.15) is 0 Å². The fourth-order valence-electron chi connectivity index (χ4n) is 2.14. The first-order valence-corrected chi connectivity index (χ1v) is 5.47. The molecule has 0 amide bonds. The van der Waals surface area contributed by atoms with Gasteiger partial charge in [0.25, 0.3) is 0 Å². The van der Waals surface area contributed by atoms with E-state index in [2.05, 4.69) is 32.0 Å². The Morgan fingerprint density at radius 1 is 1.29 bits per heavy atom. The molecular formula is C13H18O. The monoisotopic (exact) mass is 190 g/mol.